The zero-order valence-electron chi connectivity index (χ0n) is 20.8. The van der Waals surface area contributed by atoms with Gasteiger partial charge in [0.15, 0.2) is 5.78 Å². The summed E-state index contributed by atoms with van der Waals surface area (Å²) in [6, 6.07) is 13.5. The number of hydrogen-bond acceptors (Lipinski definition) is 6. The maximum Gasteiger partial charge on any atom is 0.268 e. The summed E-state index contributed by atoms with van der Waals surface area (Å²) in [5, 5.41) is 9.48. The molecule has 1 aliphatic heterocycles. The Balaban J connectivity index is 1.58. The van der Waals surface area contributed by atoms with Crippen molar-refractivity contribution in [3.63, 3.8) is 0 Å². The van der Waals surface area contributed by atoms with E-state index < -0.39 is 32.3 Å². The monoisotopic (exact) mass is 539 g/mol. The summed E-state index contributed by atoms with van der Waals surface area (Å²) < 4.78 is 55.6. The van der Waals surface area contributed by atoms with Gasteiger partial charge < -0.3 is 0 Å². The van der Waals surface area contributed by atoms with Crippen molar-refractivity contribution in [3.05, 3.63) is 64.8 Å². The van der Waals surface area contributed by atoms with Gasteiger partial charge in [-0.25, -0.2) is 25.1 Å². The Kier molecular flexibility index (Phi) is 6.51. The molecule has 0 bridgehead atoms. The topological polar surface area (TPSA) is 117 Å². The van der Waals surface area contributed by atoms with Crippen LogP contribution in [0.1, 0.15) is 65.2 Å². The van der Waals surface area contributed by atoms with Gasteiger partial charge in [0.2, 0.25) is 10.0 Å². The molecule has 2 aliphatic rings. The van der Waals surface area contributed by atoms with Gasteiger partial charge >= 0.3 is 0 Å². The number of aryl methyl sites for hydroxylation is 2. The molecule has 1 saturated heterocycles. The molecule has 2 fully saturated rings. The highest BCUT2D eigenvalue weighted by molar-refractivity contribution is 7.90. The lowest BCUT2D eigenvalue weighted by molar-refractivity contribution is 0.0992. The maximum absolute atomic E-state index is 13.8. The Hall–Kier alpha value is -3.00. The van der Waals surface area contributed by atoms with E-state index in [9.17, 15) is 21.6 Å². The summed E-state index contributed by atoms with van der Waals surface area (Å²) in [5.41, 5.74) is 3.16. The van der Waals surface area contributed by atoms with Gasteiger partial charge in [-0.3, -0.25) is 4.79 Å². The van der Waals surface area contributed by atoms with Gasteiger partial charge in [-0.15, -0.1) is 0 Å². The zero-order chi connectivity index (χ0) is 26.5. The van der Waals surface area contributed by atoms with E-state index >= 15 is 0 Å². The fourth-order valence-electron chi connectivity index (χ4n) is 5.23. The molecular weight excluding hydrogens is 510 g/mol. The molecule has 0 spiro atoms. The Morgan fingerprint density at radius 2 is 1.62 bits per heavy atom. The van der Waals surface area contributed by atoms with Crippen molar-refractivity contribution >= 4 is 36.7 Å². The molecule has 2 aromatic carbocycles. The average molecular weight is 540 g/mol. The molecular formula is C27H29N3O5S2. The van der Waals surface area contributed by atoms with Gasteiger partial charge in [0.25, 0.3) is 10.0 Å². The summed E-state index contributed by atoms with van der Waals surface area (Å²) in [7, 11) is -7.35. The van der Waals surface area contributed by atoms with Crippen LogP contribution in [0.4, 0.5) is 0 Å². The summed E-state index contributed by atoms with van der Waals surface area (Å²) >= 11 is 0. The predicted molar refractivity (Wildman–Crippen MR) is 140 cm³/mol. The highest BCUT2D eigenvalue weighted by Crippen LogP contribution is 2.38. The van der Waals surface area contributed by atoms with Crippen molar-refractivity contribution in [3.8, 4) is 6.07 Å². The minimum Gasteiger partial charge on any atom is -0.291 e. The second-order valence-corrected chi connectivity index (χ2v) is 14.1. The van der Waals surface area contributed by atoms with Gasteiger partial charge in [0.1, 0.15) is 12.1 Å². The van der Waals surface area contributed by atoms with E-state index in [1.54, 1.807) is 22.5 Å². The Morgan fingerprint density at radius 1 is 0.973 bits per heavy atom. The average Bonchev–Trinajstić information content (AvgIpc) is 3.66. The van der Waals surface area contributed by atoms with Gasteiger partial charge in [0.05, 0.1) is 21.7 Å². The van der Waals surface area contributed by atoms with Crippen LogP contribution in [0, 0.1) is 25.2 Å². The lowest BCUT2D eigenvalue weighted by Crippen LogP contribution is -2.39. The third kappa shape index (κ3) is 4.60. The number of fused-ring (bicyclic) bond motifs is 1. The fourth-order valence-corrected chi connectivity index (χ4v) is 8.63. The second kappa shape index (κ2) is 9.39. The van der Waals surface area contributed by atoms with Crippen molar-refractivity contribution in [1.29, 1.82) is 5.26 Å². The van der Waals surface area contributed by atoms with E-state index in [1.165, 1.54) is 12.1 Å². The Bertz CT molecular complexity index is 1640. The normalized spacial score (nSPS) is 17.6. The smallest absolute Gasteiger partial charge is 0.268 e. The maximum atomic E-state index is 13.8. The van der Waals surface area contributed by atoms with Crippen LogP contribution >= 0.6 is 0 Å². The van der Waals surface area contributed by atoms with E-state index in [4.69, 9.17) is 5.26 Å². The first-order chi connectivity index (χ1) is 17.5. The third-order valence-electron chi connectivity index (χ3n) is 7.43. The third-order valence-corrected chi connectivity index (χ3v) is 11.6. The first-order valence-corrected chi connectivity index (χ1v) is 15.4. The van der Waals surface area contributed by atoms with E-state index in [-0.39, 0.29) is 21.8 Å². The van der Waals surface area contributed by atoms with Crippen molar-refractivity contribution < 1.29 is 21.6 Å². The fraction of sp³-hybridized carbons (Fsp3) is 0.407. The van der Waals surface area contributed by atoms with Crippen LogP contribution in [-0.2, 0) is 20.0 Å². The first kappa shape index (κ1) is 25.6. The van der Waals surface area contributed by atoms with Crippen LogP contribution in [0.15, 0.2) is 47.4 Å². The Morgan fingerprint density at radius 3 is 2.22 bits per heavy atom. The van der Waals surface area contributed by atoms with E-state index in [1.807, 2.05) is 32.0 Å². The number of carbonyl (C=O) groups excluding carboxylic acids is 1. The lowest BCUT2D eigenvalue weighted by Gasteiger charge is -2.32. The van der Waals surface area contributed by atoms with Crippen molar-refractivity contribution in [2.75, 3.05) is 13.1 Å². The quantitative estimate of drug-likeness (QED) is 0.414. The van der Waals surface area contributed by atoms with E-state index in [0.717, 1.165) is 33.5 Å². The highest BCUT2D eigenvalue weighted by atomic mass is 32.2. The summed E-state index contributed by atoms with van der Waals surface area (Å²) in [5.74, 6) is -0.495. The molecule has 1 saturated carbocycles. The number of ketones is 1. The van der Waals surface area contributed by atoms with Crippen molar-refractivity contribution in [2.45, 2.75) is 62.0 Å². The molecule has 194 valence electrons. The summed E-state index contributed by atoms with van der Waals surface area (Å²) in [6.07, 6.45) is 2.32. The number of hydrogen-bond donors (Lipinski definition) is 0. The summed E-state index contributed by atoms with van der Waals surface area (Å²) in [6.45, 7) is 4.69. The molecule has 0 unspecified atom stereocenters. The number of Topliss-reactive ketones (excluding diaryl/α,β-unsaturated/α-hetero) is 1. The molecule has 8 nitrogen and oxygen atoms in total. The second-order valence-electron chi connectivity index (χ2n) is 10.1. The number of carbonyl (C=O) groups is 1. The molecule has 1 aromatic heterocycles. The van der Waals surface area contributed by atoms with Crippen LogP contribution < -0.4 is 0 Å². The van der Waals surface area contributed by atoms with Crippen LogP contribution in [0.2, 0.25) is 0 Å². The Labute approximate surface area is 217 Å². The predicted octanol–water partition coefficient (Wildman–Crippen LogP) is 4.26. The molecule has 0 N–H and O–H groups in total. The van der Waals surface area contributed by atoms with Crippen LogP contribution in [0.25, 0.3) is 10.9 Å². The largest absolute Gasteiger partial charge is 0.291 e. The standard InChI is InChI=1S/C27H29N3O5S2/c1-18-3-5-23(6-4-18)37(34,35)30-25-17-24(19(2)15-21(25)16-26(30)27(31)9-12-28)20-10-13-29(14-11-20)36(32,33)22-7-8-22/h3-6,15-17,20,22H,7-11,13-14H2,1-2H3. The molecule has 5 rings (SSSR count). The van der Waals surface area contributed by atoms with Gasteiger partial charge in [-0.1, -0.05) is 17.7 Å². The van der Waals surface area contributed by atoms with E-state index in [2.05, 4.69) is 0 Å². The molecule has 0 amide bonds. The molecule has 0 atom stereocenters. The minimum absolute atomic E-state index is 0.0426. The zero-order valence-corrected chi connectivity index (χ0v) is 22.5. The van der Waals surface area contributed by atoms with E-state index in [0.29, 0.717) is 36.8 Å². The number of sulfonamides is 1. The number of nitrogens with zero attached hydrogens (tertiary/aromatic N) is 3. The van der Waals surface area contributed by atoms with Gasteiger partial charge in [-0.05, 0) is 86.9 Å². The number of nitriles is 1. The lowest BCUT2D eigenvalue weighted by atomic mass is 9.87. The van der Waals surface area contributed by atoms with Gasteiger partial charge in [-0.2, -0.15) is 5.26 Å². The number of benzene rings is 2. The molecule has 1 aliphatic carbocycles. The molecule has 2 heterocycles. The minimum atomic E-state index is -4.13. The number of aromatic nitrogens is 1. The molecule has 3 aromatic rings. The summed E-state index contributed by atoms with van der Waals surface area (Å²) in [4.78, 5) is 12.9. The SMILES string of the molecule is Cc1ccc(S(=O)(=O)n2c(C(=O)CC#N)cc3cc(C)c(C4CCN(S(=O)(=O)C5CC5)CC4)cc32)cc1. The number of rotatable bonds is 7. The van der Waals surface area contributed by atoms with Gasteiger partial charge in [0, 0.05) is 18.5 Å². The molecule has 10 heteroatoms. The first-order valence-electron chi connectivity index (χ1n) is 12.4. The highest BCUT2D eigenvalue weighted by Gasteiger charge is 2.41. The van der Waals surface area contributed by atoms with Crippen LogP contribution in [0.5, 0.6) is 0 Å². The van der Waals surface area contributed by atoms with Crippen LogP contribution in [-0.4, -0.2) is 49.2 Å². The molecule has 0 radical (unpaired) electrons. The number of piperidine rings is 1. The molecule has 37 heavy (non-hydrogen) atoms. The van der Waals surface area contributed by atoms with Crippen LogP contribution in [0.3, 0.4) is 0 Å². The van der Waals surface area contributed by atoms with Crippen molar-refractivity contribution in [2.24, 2.45) is 0 Å². The van der Waals surface area contributed by atoms with Crippen molar-refractivity contribution in [1.82, 2.24) is 8.28 Å².